The van der Waals surface area contributed by atoms with Crippen molar-refractivity contribution in [3.63, 3.8) is 0 Å². The Morgan fingerprint density at radius 3 is 2.71 bits per heavy atom. The van der Waals surface area contributed by atoms with Crippen LogP contribution in [0.1, 0.15) is 40.5 Å². The normalized spacial score (nSPS) is 25.1. The minimum atomic E-state index is 0.0841. The van der Waals surface area contributed by atoms with Gasteiger partial charge in [0.15, 0.2) is 0 Å². The molecule has 2 unspecified atom stereocenters. The summed E-state index contributed by atoms with van der Waals surface area (Å²) in [5, 5.41) is 6.52. The summed E-state index contributed by atoms with van der Waals surface area (Å²) in [5.74, 6) is 0.535. The topological polar surface area (TPSA) is 44.4 Å². The standard InChI is InChI=1S/C13H27N3O/c1-5-7-14-12-6-8-16(9-11(12)4)13(17)15-10(2)3/h10-12,14H,5-9H2,1-4H3,(H,15,17). The van der Waals surface area contributed by atoms with E-state index in [0.717, 1.165) is 26.1 Å². The first-order chi connectivity index (χ1) is 8.04. The van der Waals surface area contributed by atoms with E-state index in [0.29, 0.717) is 12.0 Å². The zero-order chi connectivity index (χ0) is 12.8. The van der Waals surface area contributed by atoms with Gasteiger partial charge in [0, 0.05) is 25.2 Å². The van der Waals surface area contributed by atoms with Crippen LogP contribution in [0.25, 0.3) is 0 Å². The van der Waals surface area contributed by atoms with Gasteiger partial charge >= 0.3 is 6.03 Å². The molecule has 0 bridgehead atoms. The van der Waals surface area contributed by atoms with Gasteiger partial charge in [-0.1, -0.05) is 13.8 Å². The molecule has 0 aromatic carbocycles. The monoisotopic (exact) mass is 241 g/mol. The van der Waals surface area contributed by atoms with E-state index in [-0.39, 0.29) is 12.1 Å². The highest BCUT2D eigenvalue weighted by molar-refractivity contribution is 5.74. The average Bonchev–Trinajstić information content (AvgIpc) is 2.26. The maximum atomic E-state index is 11.9. The summed E-state index contributed by atoms with van der Waals surface area (Å²) in [6.45, 7) is 11.2. The van der Waals surface area contributed by atoms with Crippen molar-refractivity contribution >= 4 is 6.03 Å². The molecule has 1 heterocycles. The van der Waals surface area contributed by atoms with E-state index in [4.69, 9.17) is 0 Å². The minimum Gasteiger partial charge on any atom is -0.336 e. The van der Waals surface area contributed by atoms with Gasteiger partial charge in [0.1, 0.15) is 0 Å². The van der Waals surface area contributed by atoms with Crippen LogP contribution in [0.5, 0.6) is 0 Å². The Labute approximate surface area is 105 Å². The molecule has 0 spiro atoms. The fraction of sp³-hybridized carbons (Fsp3) is 0.923. The lowest BCUT2D eigenvalue weighted by atomic mass is 9.94. The fourth-order valence-electron chi connectivity index (χ4n) is 2.30. The largest absolute Gasteiger partial charge is 0.336 e. The van der Waals surface area contributed by atoms with Crippen LogP contribution in [0.4, 0.5) is 4.79 Å². The second kappa shape index (κ2) is 6.84. The Morgan fingerprint density at radius 2 is 2.18 bits per heavy atom. The summed E-state index contributed by atoms with van der Waals surface area (Å²) < 4.78 is 0. The van der Waals surface area contributed by atoms with Gasteiger partial charge in [-0.3, -0.25) is 0 Å². The van der Waals surface area contributed by atoms with Crippen LogP contribution in [0.15, 0.2) is 0 Å². The Kier molecular flexibility index (Phi) is 5.75. The third kappa shape index (κ3) is 4.54. The zero-order valence-corrected chi connectivity index (χ0v) is 11.6. The first-order valence-electron chi connectivity index (χ1n) is 6.83. The van der Waals surface area contributed by atoms with Crippen LogP contribution in [0.3, 0.4) is 0 Å². The van der Waals surface area contributed by atoms with Crippen LogP contribution in [-0.2, 0) is 0 Å². The number of nitrogens with one attached hydrogen (secondary N) is 2. The van der Waals surface area contributed by atoms with Gasteiger partial charge in [-0.2, -0.15) is 0 Å². The molecule has 0 aromatic heterocycles. The molecule has 2 atom stereocenters. The van der Waals surface area contributed by atoms with Gasteiger partial charge in [-0.05, 0) is 39.2 Å². The molecule has 2 N–H and O–H groups in total. The molecular formula is C13H27N3O. The highest BCUT2D eigenvalue weighted by Crippen LogP contribution is 2.16. The van der Waals surface area contributed by atoms with Crippen LogP contribution < -0.4 is 10.6 Å². The molecule has 100 valence electrons. The molecule has 0 aromatic rings. The van der Waals surface area contributed by atoms with Gasteiger partial charge in [0.2, 0.25) is 0 Å². The van der Waals surface area contributed by atoms with Crippen LogP contribution in [0, 0.1) is 5.92 Å². The highest BCUT2D eigenvalue weighted by Gasteiger charge is 2.28. The van der Waals surface area contributed by atoms with Crippen molar-refractivity contribution in [2.75, 3.05) is 19.6 Å². The summed E-state index contributed by atoms with van der Waals surface area (Å²) in [6.07, 6.45) is 2.23. The van der Waals surface area contributed by atoms with Crippen molar-refractivity contribution < 1.29 is 4.79 Å². The van der Waals surface area contributed by atoms with Crippen molar-refractivity contribution in [1.82, 2.24) is 15.5 Å². The van der Waals surface area contributed by atoms with Crippen LogP contribution in [0.2, 0.25) is 0 Å². The first kappa shape index (κ1) is 14.3. The number of hydrogen-bond acceptors (Lipinski definition) is 2. The van der Waals surface area contributed by atoms with Gasteiger partial charge in [0.05, 0.1) is 0 Å². The summed E-state index contributed by atoms with van der Waals surface area (Å²) in [6, 6.07) is 0.868. The third-order valence-electron chi connectivity index (χ3n) is 3.26. The van der Waals surface area contributed by atoms with Crippen LogP contribution >= 0.6 is 0 Å². The first-order valence-corrected chi connectivity index (χ1v) is 6.83. The van der Waals surface area contributed by atoms with E-state index in [9.17, 15) is 4.79 Å². The number of urea groups is 1. The van der Waals surface area contributed by atoms with E-state index in [1.54, 1.807) is 0 Å². The molecule has 4 nitrogen and oxygen atoms in total. The second-order valence-corrected chi connectivity index (χ2v) is 5.38. The molecule has 0 aliphatic carbocycles. The molecule has 1 rings (SSSR count). The fourth-order valence-corrected chi connectivity index (χ4v) is 2.30. The van der Waals surface area contributed by atoms with Gasteiger partial charge in [-0.25, -0.2) is 4.79 Å². The minimum absolute atomic E-state index is 0.0841. The van der Waals surface area contributed by atoms with Crippen molar-refractivity contribution in [1.29, 1.82) is 0 Å². The van der Waals surface area contributed by atoms with Gasteiger partial charge < -0.3 is 15.5 Å². The molecule has 0 radical (unpaired) electrons. The summed E-state index contributed by atoms with van der Waals surface area (Å²) >= 11 is 0. The Morgan fingerprint density at radius 1 is 1.47 bits per heavy atom. The Balaban J connectivity index is 2.38. The predicted molar refractivity (Wildman–Crippen MR) is 71.1 cm³/mol. The molecule has 1 aliphatic heterocycles. The number of likely N-dealkylation sites (tertiary alicyclic amines) is 1. The maximum Gasteiger partial charge on any atom is 0.317 e. The van der Waals surface area contributed by atoms with E-state index in [1.807, 2.05) is 18.7 Å². The van der Waals surface area contributed by atoms with Gasteiger partial charge in [0.25, 0.3) is 0 Å². The third-order valence-corrected chi connectivity index (χ3v) is 3.26. The lowest BCUT2D eigenvalue weighted by Crippen LogP contribution is -2.53. The Bertz CT molecular complexity index is 243. The number of carbonyl (C=O) groups is 1. The summed E-state index contributed by atoms with van der Waals surface area (Å²) in [4.78, 5) is 13.8. The van der Waals surface area contributed by atoms with E-state index in [2.05, 4.69) is 24.5 Å². The number of nitrogens with zero attached hydrogens (tertiary/aromatic N) is 1. The smallest absolute Gasteiger partial charge is 0.317 e. The van der Waals surface area contributed by atoms with E-state index >= 15 is 0 Å². The van der Waals surface area contributed by atoms with Crippen LogP contribution in [-0.4, -0.2) is 42.6 Å². The van der Waals surface area contributed by atoms with E-state index < -0.39 is 0 Å². The molecule has 1 saturated heterocycles. The number of piperidine rings is 1. The van der Waals surface area contributed by atoms with Gasteiger partial charge in [-0.15, -0.1) is 0 Å². The predicted octanol–water partition coefficient (Wildman–Crippen LogP) is 1.81. The number of carbonyl (C=O) groups excluding carboxylic acids is 1. The second-order valence-electron chi connectivity index (χ2n) is 5.38. The maximum absolute atomic E-state index is 11.9. The number of hydrogen-bond donors (Lipinski definition) is 2. The molecule has 1 fully saturated rings. The van der Waals surface area contributed by atoms with Crippen molar-refractivity contribution in [2.45, 2.75) is 52.6 Å². The molecule has 1 aliphatic rings. The summed E-state index contributed by atoms with van der Waals surface area (Å²) in [7, 11) is 0. The highest BCUT2D eigenvalue weighted by atomic mass is 16.2. The van der Waals surface area contributed by atoms with Crippen molar-refractivity contribution in [2.24, 2.45) is 5.92 Å². The van der Waals surface area contributed by atoms with E-state index in [1.165, 1.54) is 6.42 Å². The molecule has 0 saturated carbocycles. The summed E-state index contributed by atoms with van der Waals surface area (Å²) in [5.41, 5.74) is 0. The van der Waals surface area contributed by atoms with Crippen molar-refractivity contribution in [3.05, 3.63) is 0 Å². The average molecular weight is 241 g/mol. The molecule has 4 heteroatoms. The van der Waals surface area contributed by atoms with Crippen molar-refractivity contribution in [3.8, 4) is 0 Å². The molecular weight excluding hydrogens is 214 g/mol. The lowest BCUT2D eigenvalue weighted by Gasteiger charge is -2.37. The number of rotatable bonds is 4. The lowest BCUT2D eigenvalue weighted by molar-refractivity contribution is 0.148. The molecule has 2 amide bonds. The zero-order valence-electron chi connectivity index (χ0n) is 11.6. The Hall–Kier alpha value is -0.770. The number of amides is 2. The molecule has 17 heavy (non-hydrogen) atoms. The quantitative estimate of drug-likeness (QED) is 0.788. The SMILES string of the molecule is CCCNC1CCN(C(=O)NC(C)C)CC1C.